The number of hydrogen-bond acceptors (Lipinski definition) is 7. The van der Waals surface area contributed by atoms with Crippen molar-refractivity contribution in [3.05, 3.63) is 65.5 Å². The molecule has 0 aliphatic carbocycles. The van der Waals surface area contributed by atoms with Crippen LogP contribution in [-0.4, -0.2) is 59.4 Å². The van der Waals surface area contributed by atoms with Gasteiger partial charge in [0.05, 0.1) is 24.1 Å². The molecule has 1 atom stereocenters. The lowest BCUT2D eigenvalue weighted by molar-refractivity contribution is -0.121. The second-order valence-electron chi connectivity index (χ2n) is 10.7. The first-order valence-electron chi connectivity index (χ1n) is 13.3. The van der Waals surface area contributed by atoms with Crippen LogP contribution in [0.2, 0.25) is 0 Å². The van der Waals surface area contributed by atoms with Gasteiger partial charge in [0, 0.05) is 36.9 Å². The Labute approximate surface area is 244 Å². The highest BCUT2D eigenvalue weighted by molar-refractivity contribution is 7.52. The van der Waals surface area contributed by atoms with E-state index >= 15 is 0 Å². The number of ether oxygens (including phenoxy) is 3. The summed E-state index contributed by atoms with van der Waals surface area (Å²) < 4.78 is 43.3. The first-order chi connectivity index (χ1) is 19.8. The normalized spacial score (nSPS) is 15.1. The number of halogens is 1. The van der Waals surface area contributed by atoms with Crippen molar-refractivity contribution >= 4 is 24.9 Å². The molecule has 0 aromatic heterocycles. The van der Waals surface area contributed by atoms with Crippen LogP contribution >= 0.6 is 7.60 Å². The minimum Gasteiger partial charge on any atom is -0.496 e. The molecule has 1 aliphatic rings. The zero-order valence-corrected chi connectivity index (χ0v) is 25.1. The number of benzene rings is 3. The van der Waals surface area contributed by atoms with E-state index in [-0.39, 0.29) is 32.1 Å². The topological polar surface area (TPSA) is 138 Å². The summed E-state index contributed by atoms with van der Waals surface area (Å²) in [5, 5.41) is 12.5. The van der Waals surface area contributed by atoms with E-state index < -0.39 is 24.6 Å². The zero-order valence-electron chi connectivity index (χ0n) is 24.2. The number of fused-ring (bicyclic) bond motifs is 1. The van der Waals surface area contributed by atoms with Crippen molar-refractivity contribution in [3.8, 4) is 28.4 Å². The molecule has 0 saturated carbocycles. The van der Waals surface area contributed by atoms with E-state index in [2.05, 4.69) is 5.32 Å². The molecule has 0 saturated heterocycles. The number of anilines is 2. The molecule has 4 rings (SSSR count). The van der Waals surface area contributed by atoms with Gasteiger partial charge in [0.15, 0.2) is 0 Å². The monoisotopic (exact) mass is 602 g/mol. The highest BCUT2D eigenvalue weighted by Crippen LogP contribution is 2.46. The lowest BCUT2D eigenvalue weighted by Gasteiger charge is -2.39. The fraction of sp³-hybridized carbons (Fsp3) is 0.367. The van der Waals surface area contributed by atoms with Gasteiger partial charge in [0.2, 0.25) is 0 Å². The molecule has 0 bridgehead atoms. The molecule has 10 nitrogen and oxygen atoms in total. The fourth-order valence-electron chi connectivity index (χ4n) is 4.98. The van der Waals surface area contributed by atoms with Crippen LogP contribution in [0.4, 0.5) is 15.8 Å². The second kappa shape index (κ2) is 12.3. The first kappa shape index (κ1) is 31.3. The summed E-state index contributed by atoms with van der Waals surface area (Å²) in [6.45, 7) is 4.74. The van der Waals surface area contributed by atoms with Crippen LogP contribution in [0.1, 0.15) is 31.4 Å². The van der Waals surface area contributed by atoms with E-state index in [0.717, 1.165) is 11.3 Å². The van der Waals surface area contributed by atoms with Crippen molar-refractivity contribution in [3.63, 3.8) is 0 Å². The Bertz CT molecular complexity index is 1520. The smallest absolute Gasteiger partial charge is 0.332 e. The van der Waals surface area contributed by atoms with Crippen molar-refractivity contribution in [2.24, 2.45) is 0 Å². The Kier molecular flexibility index (Phi) is 9.18. The lowest BCUT2D eigenvalue weighted by Crippen LogP contribution is -2.52. The number of likely N-dealkylation sites (N-methyl/N-ethyl adjacent to an activating group) is 1. The molecule has 1 amide bonds. The third-order valence-electron chi connectivity index (χ3n) is 7.27. The van der Waals surface area contributed by atoms with Crippen molar-refractivity contribution in [1.82, 2.24) is 0 Å². The molecule has 3 aromatic carbocycles. The van der Waals surface area contributed by atoms with E-state index in [0.29, 0.717) is 39.6 Å². The number of nitrogens with zero attached hydrogens (tertiary/aromatic N) is 1. The van der Waals surface area contributed by atoms with Crippen LogP contribution in [0.15, 0.2) is 48.5 Å². The predicted octanol–water partition coefficient (Wildman–Crippen LogP) is 4.86. The molecule has 0 spiro atoms. The van der Waals surface area contributed by atoms with Crippen molar-refractivity contribution in [2.45, 2.75) is 45.0 Å². The minimum absolute atomic E-state index is 0.00899. The van der Waals surface area contributed by atoms with Gasteiger partial charge in [-0.2, -0.15) is 0 Å². The number of aryl methyl sites for hydroxylation is 1. The number of methoxy groups -OCH3 is 1. The molecule has 42 heavy (non-hydrogen) atoms. The van der Waals surface area contributed by atoms with E-state index in [1.54, 1.807) is 50.1 Å². The largest absolute Gasteiger partial charge is 0.496 e. The Balaban J connectivity index is 1.77. The maximum atomic E-state index is 14.0. The number of aliphatic hydroxyl groups is 1. The molecule has 4 N–H and O–H groups in total. The van der Waals surface area contributed by atoms with Crippen molar-refractivity contribution < 1.29 is 42.9 Å². The Morgan fingerprint density at radius 1 is 1.05 bits per heavy atom. The molecule has 0 radical (unpaired) electrons. The molecule has 12 heteroatoms. The first-order valence-corrected chi connectivity index (χ1v) is 15.0. The summed E-state index contributed by atoms with van der Waals surface area (Å²) in [7, 11) is -1.30. The number of amides is 1. The van der Waals surface area contributed by atoms with E-state index in [4.69, 9.17) is 14.2 Å². The van der Waals surface area contributed by atoms with Gasteiger partial charge in [-0.15, -0.1) is 0 Å². The summed E-state index contributed by atoms with van der Waals surface area (Å²) in [6, 6.07) is 13.0. The van der Waals surface area contributed by atoms with E-state index in [9.17, 15) is 28.6 Å². The van der Waals surface area contributed by atoms with E-state index in [1.807, 2.05) is 19.1 Å². The molecular weight excluding hydrogens is 566 g/mol. The molecular formula is C30H36FN2O8P. The van der Waals surface area contributed by atoms with Gasteiger partial charge >= 0.3 is 7.60 Å². The molecule has 0 fully saturated rings. The van der Waals surface area contributed by atoms with Gasteiger partial charge in [0.25, 0.3) is 5.91 Å². The summed E-state index contributed by atoms with van der Waals surface area (Å²) in [6.07, 6.45) is -0.111. The number of hydrogen-bond donors (Lipinski definition) is 4. The Morgan fingerprint density at radius 2 is 1.76 bits per heavy atom. The van der Waals surface area contributed by atoms with Gasteiger partial charge in [-0.25, -0.2) is 4.39 Å². The summed E-state index contributed by atoms with van der Waals surface area (Å²) in [5.74, 6) is 0.514. The Hall–Kier alpha value is -3.63. The quantitative estimate of drug-likeness (QED) is 0.227. The Morgan fingerprint density at radius 3 is 2.43 bits per heavy atom. The van der Waals surface area contributed by atoms with Crippen LogP contribution in [0.3, 0.4) is 0 Å². The molecule has 1 heterocycles. The molecule has 3 aromatic rings. The molecule has 1 aliphatic heterocycles. The zero-order chi connectivity index (χ0) is 30.8. The third-order valence-corrected chi connectivity index (χ3v) is 8.63. The minimum atomic E-state index is -4.48. The van der Waals surface area contributed by atoms with Crippen LogP contribution in [-0.2, 0) is 16.0 Å². The van der Waals surface area contributed by atoms with Crippen LogP contribution in [0.5, 0.6) is 17.2 Å². The maximum absolute atomic E-state index is 14.0. The van der Waals surface area contributed by atoms with Gasteiger partial charge < -0.3 is 39.3 Å². The highest BCUT2D eigenvalue weighted by Gasteiger charge is 2.39. The van der Waals surface area contributed by atoms with E-state index in [1.165, 1.54) is 19.2 Å². The van der Waals surface area contributed by atoms with Crippen molar-refractivity contribution in [1.29, 1.82) is 0 Å². The maximum Gasteiger partial charge on any atom is 0.332 e. The number of nitrogens with one attached hydrogen (secondary N) is 1. The standard InChI is InChI=1S/C30H36FN2O8P/c1-18-6-7-19(31)14-26(18)41-17-24-22(10-11-25-28(24)33(4)29(35)30(2,3)32-25)23-9-8-20(15-27(23)39-5)40-16-21(12-13-34)42(36,37)38/h6-11,14-15,21,32,34H,12-13,16-17H2,1-5H3,(H2,36,37,38). The van der Waals surface area contributed by atoms with Gasteiger partial charge in [-0.05, 0) is 62.6 Å². The average molecular weight is 603 g/mol. The van der Waals surface area contributed by atoms with Gasteiger partial charge in [-0.1, -0.05) is 12.1 Å². The number of aliphatic hydroxyl groups excluding tert-OH is 1. The average Bonchev–Trinajstić information content (AvgIpc) is 2.93. The summed E-state index contributed by atoms with van der Waals surface area (Å²) >= 11 is 0. The SMILES string of the molecule is COc1cc(OCC(CCO)P(=O)(O)O)ccc1-c1ccc2c(c1COc1cc(F)ccc1C)N(C)C(=O)C(C)(C)N2. The third kappa shape index (κ3) is 6.55. The lowest BCUT2D eigenvalue weighted by atomic mass is 9.91. The van der Waals surface area contributed by atoms with Crippen LogP contribution in [0, 0.1) is 12.7 Å². The van der Waals surface area contributed by atoms with Crippen LogP contribution in [0.25, 0.3) is 11.1 Å². The molecule has 226 valence electrons. The summed E-state index contributed by atoms with van der Waals surface area (Å²) in [5.41, 5.74) is 2.10. The van der Waals surface area contributed by atoms with Gasteiger partial charge in [-0.3, -0.25) is 9.36 Å². The molecule has 1 unspecified atom stereocenters. The highest BCUT2D eigenvalue weighted by atomic mass is 31.2. The van der Waals surface area contributed by atoms with Crippen molar-refractivity contribution in [2.75, 3.05) is 37.6 Å². The number of carbonyl (C=O) groups is 1. The number of carbonyl (C=O) groups excluding carboxylic acids is 1. The second-order valence-corrected chi connectivity index (χ2v) is 12.6. The fourth-order valence-corrected chi connectivity index (χ4v) is 5.70. The van der Waals surface area contributed by atoms with Gasteiger partial charge in [0.1, 0.15) is 41.8 Å². The summed E-state index contributed by atoms with van der Waals surface area (Å²) in [4.78, 5) is 34.0. The number of rotatable bonds is 11. The van der Waals surface area contributed by atoms with Crippen LogP contribution < -0.4 is 24.4 Å². The predicted molar refractivity (Wildman–Crippen MR) is 158 cm³/mol.